The molecule has 0 spiro atoms. The van der Waals surface area contributed by atoms with Gasteiger partial charge >= 0.3 is 9.05 Å². The van der Waals surface area contributed by atoms with Crippen molar-refractivity contribution in [3.63, 3.8) is 0 Å². The number of alkyl halides is 6. The highest BCUT2D eigenvalue weighted by Gasteiger charge is 2.49. The molecule has 0 N–H and O–H groups in total. The summed E-state index contributed by atoms with van der Waals surface area (Å²) in [6.07, 6.45) is 1.04. The van der Waals surface area contributed by atoms with Crippen molar-refractivity contribution in [3.8, 4) is 5.75 Å². The molecule has 0 aromatic heterocycles. The van der Waals surface area contributed by atoms with E-state index in [9.17, 15) is 0 Å². The van der Waals surface area contributed by atoms with Crippen LogP contribution in [0.5, 0.6) is 5.75 Å². The van der Waals surface area contributed by atoms with Crippen molar-refractivity contribution in [2.24, 2.45) is 0 Å². The Labute approximate surface area is 226 Å². The van der Waals surface area contributed by atoms with E-state index in [0.717, 1.165) is 8.95 Å². The molecule has 0 aliphatic heterocycles. The fraction of sp³-hybridized carbons (Fsp3) is 0.600. The summed E-state index contributed by atoms with van der Waals surface area (Å²) in [5.74, 6) is 0.446. The lowest BCUT2D eigenvalue weighted by molar-refractivity contribution is -0.000260. The molecule has 1 aromatic carbocycles. The summed E-state index contributed by atoms with van der Waals surface area (Å²) >= 11 is 45.3. The van der Waals surface area contributed by atoms with Crippen LogP contribution >= 0.6 is 117 Å². The van der Waals surface area contributed by atoms with Gasteiger partial charge in [-0.15, -0.1) is 69.6 Å². The van der Waals surface area contributed by atoms with E-state index in [1.165, 1.54) is 0 Å². The molecular weight excluding hydrogens is 725 g/mol. The Bertz CT molecular complexity index is 594. The van der Waals surface area contributed by atoms with E-state index in [-0.39, 0.29) is 19.8 Å². The predicted molar refractivity (Wildman–Crippen MR) is 134 cm³/mol. The van der Waals surface area contributed by atoms with Gasteiger partial charge in [-0.2, -0.15) is 0 Å². The summed E-state index contributed by atoms with van der Waals surface area (Å²) in [5.41, 5.74) is 0. The van der Waals surface area contributed by atoms with Crippen LogP contribution in [0.3, 0.4) is 0 Å². The third kappa shape index (κ3) is 11.8. The molecule has 0 unspecified atom stereocenters. The van der Waals surface area contributed by atoms with Gasteiger partial charge < -0.3 is 17.7 Å². The monoisotopic (exact) mass is 736 g/mol. The molecule has 0 saturated heterocycles. The van der Waals surface area contributed by atoms with Gasteiger partial charge in [-0.05, 0) is 79.2 Å². The molecule has 0 heterocycles. The zero-order valence-electron chi connectivity index (χ0n) is 14.7. The molecule has 0 aliphatic rings. The van der Waals surface area contributed by atoms with Crippen LogP contribution in [0.25, 0.3) is 0 Å². The van der Waals surface area contributed by atoms with Crippen LogP contribution in [-0.2, 0) is 13.3 Å². The first-order valence-electron chi connectivity index (χ1n) is 8.15. The van der Waals surface area contributed by atoms with Gasteiger partial charge in [-0.25, -0.2) is 0 Å². The second kappa shape index (κ2) is 15.2. The van der Waals surface area contributed by atoms with Gasteiger partial charge in [-0.1, -0.05) is 0 Å². The standard InChI is InChI=1S/C15H17Br3Cl6O4Si/c16-9-1-2-10(15(18)14(9)17)28-29(25-6-3-11(19)20,26-7-4-12(21)22)27-8-5-13(23)24/h1-2,11-13H,3-8H2. The Hall–Kier alpha value is 2.30. The molecule has 14 heteroatoms. The van der Waals surface area contributed by atoms with E-state index in [4.69, 9.17) is 87.3 Å². The number of halogens is 9. The van der Waals surface area contributed by atoms with Crippen molar-refractivity contribution in [2.75, 3.05) is 19.8 Å². The van der Waals surface area contributed by atoms with E-state index in [1.54, 1.807) is 12.1 Å². The van der Waals surface area contributed by atoms with Gasteiger partial charge in [0.15, 0.2) is 0 Å². The minimum Gasteiger partial charge on any atom is -0.479 e. The normalized spacial score (nSPS) is 12.4. The van der Waals surface area contributed by atoms with Crippen LogP contribution < -0.4 is 4.43 Å². The summed E-state index contributed by atoms with van der Waals surface area (Å²) in [7, 11) is -3.73. The zero-order valence-corrected chi connectivity index (χ0v) is 25.0. The van der Waals surface area contributed by atoms with E-state index >= 15 is 0 Å². The number of hydrogen-bond acceptors (Lipinski definition) is 4. The Balaban J connectivity index is 3.11. The second-order valence-corrected chi connectivity index (χ2v) is 13.7. The fourth-order valence-electron chi connectivity index (χ4n) is 1.75. The number of hydrogen-bond donors (Lipinski definition) is 0. The van der Waals surface area contributed by atoms with Gasteiger partial charge in [0.05, 0.1) is 4.47 Å². The summed E-state index contributed by atoms with van der Waals surface area (Å²) < 4.78 is 26.1. The van der Waals surface area contributed by atoms with Gasteiger partial charge in [0.2, 0.25) is 0 Å². The van der Waals surface area contributed by atoms with Gasteiger partial charge in [-0.3, -0.25) is 0 Å². The SMILES string of the molecule is ClC(Cl)CCO[Si](OCCC(Cl)Cl)(OCCC(Cl)Cl)Oc1ccc(Br)c(Br)c1Br. The maximum absolute atomic E-state index is 6.13. The highest BCUT2D eigenvalue weighted by Crippen LogP contribution is 2.39. The molecule has 1 rings (SSSR count). The van der Waals surface area contributed by atoms with Crippen LogP contribution in [0, 0.1) is 0 Å². The number of benzene rings is 1. The van der Waals surface area contributed by atoms with Crippen molar-refractivity contribution < 1.29 is 17.7 Å². The molecule has 0 fully saturated rings. The molecule has 0 amide bonds. The first kappa shape index (κ1) is 29.3. The average molecular weight is 742 g/mol. The molecule has 1 aromatic rings. The molecule has 0 atom stereocenters. The third-order valence-corrected chi connectivity index (χ3v) is 9.87. The first-order valence-corrected chi connectivity index (χ1v) is 14.8. The molecule has 0 bridgehead atoms. The van der Waals surface area contributed by atoms with Crippen molar-refractivity contribution in [3.05, 3.63) is 25.6 Å². The first-order chi connectivity index (χ1) is 13.6. The van der Waals surface area contributed by atoms with Crippen LogP contribution in [0.1, 0.15) is 19.3 Å². The van der Waals surface area contributed by atoms with Gasteiger partial charge in [0.1, 0.15) is 20.3 Å². The second-order valence-electron chi connectivity index (χ2n) is 5.36. The molecule has 4 nitrogen and oxygen atoms in total. The minimum atomic E-state index is -3.73. The highest BCUT2D eigenvalue weighted by atomic mass is 79.9. The largest absolute Gasteiger partial charge is 0.749 e. The summed E-state index contributed by atoms with van der Waals surface area (Å²) in [5, 5.41) is 0. The van der Waals surface area contributed by atoms with Crippen LogP contribution in [-0.4, -0.2) is 43.4 Å². The topological polar surface area (TPSA) is 36.9 Å². The van der Waals surface area contributed by atoms with Crippen LogP contribution in [0.2, 0.25) is 0 Å². The smallest absolute Gasteiger partial charge is 0.479 e. The minimum absolute atomic E-state index is 0.148. The third-order valence-electron chi connectivity index (χ3n) is 3.08. The lowest BCUT2D eigenvalue weighted by atomic mass is 10.3. The Morgan fingerprint density at radius 2 is 1.10 bits per heavy atom. The van der Waals surface area contributed by atoms with E-state index in [1.807, 2.05) is 0 Å². The molecule has 168 valence electrons. The quantitative estimate of drug-likeness (QED) is 0.109. The summed E-state index contributed by atoms with van der Waals surface area (Å²) in [6, 6.07) is 3.54. The average Bonchev–Trinajstić information content (AvgIpc) is 2.61. The molecule has 0 radical (unpaired) electrons. The maximum atomic E-state index is 6.13. The Morgan fingerprint density at radius 1 is 0.690 bits per heavy atom. The zero-order chi connectivity index (χ0) is 22.0. The molecule has 29 heavy (non-hydrogen) atoms. The lowest BCUT2D eigenvalue weighted by Crippen LogP contribution is -2.53. The van der Waals surface area contributed by atoms with Gasteiger partial charge in [0.25, 0.3) is 0 Å². The Morgan fingerprint density at radius 3 is 1.48 bits per heavy atom. The Kier molecular flexibility index (Phi) is 15.4. The van der Waals surface area contributed by atoms with Gasteiger partial charge in [0, 0.05) is 28.8 Å². The summed E-state index contributed by atoms with van der Waals surface area (Å²) in [4.78, 5) is -1.83. The molecule has 0 aliphatic carbocycles. The molecular formula is C15H17Br3Cl6O4Si. The number of rotatable bonds is 14. The lowest BCUT2D eigenvalue weighted by Gasteiger charge is -2.29. The predicted octanol–water partition coefficient (Wildman–Crippen LogP) is 8.42. The highest BCUT2D eigenvalue weighted by molar-refractivity contribution is 9.14. The van der Waals surface area contributed by atoms with E-state index in [2.05, 4.69) is 47.8 Å². The molecule has 0 saturated carbocycles. The van der Waals surface area contributed by atoms with E-state index < -0.39 is 23.6 Å². The van der Waals surface area contributed by atoms with Crippen LogP contribution in [0.15, 0.2) is 25.6 Å². The fourth-order valence-corrected chi connectivity index (χ4v) is 5.76. The summed E-state index contributed by atoms with van der Waals surface area (Å²) in [6.45, 7) is 0.445. The van der Waals surface area contributed by atoms with Crippen molar-refractivity contribution in [1.29, 1.82) is 0 Å². The van der Waals surface area contributed by atoms with E-state index in [0.29, 0.717) is 29.5 Å². The van der Waals surface area contributed by atoms with Crippen molar-refractivity contribution >= 4 is 126 Å². The van der Waals surface area contributed by atoms with Crippen LogP contribution in [0.4, 0.5) is 0 Å². The maximum Gasteiger partial charge on any atom is 0.749 e. The van der Waals surface area contributed by atoms with Crippen molar-refractivity contribution in [2.45, 2.75) is 33.8 Å². The van der Waals surface area contributed by atoms with Crippen molar-refractivity contribution in [1.82, 2.24) is 0 Å².